The molecule has 0 saturated heterocycles. The first-order valence-corrected chi connectivity index (χ1v) is 11.0. The molecule has 3 aromatic carbocycles. The summed E-state index contributed by atoms with van der Waals surface area (Å²) in [5, 5.41) is 8.64. The first-order chi connectivity index (χ1) is 16.7. The SMILES string of the molecule is COCCNC(=O)c1cccc(NC(=O)CNc2ccccc2OCCOc2ccccc2)c1. The average molecular weight is 464 g/mol. The Bertz CT molecular complexity index is 1060. The molecule has 0 saturated carbocycles. The van der Waals surface area contributed by atoms with Gasteiger partial charge in [0.25, 0.3) is 5.91 Å². The predicted octanol–water partition coefficient (Wildman–Crippen LogP) is 3.57. The fraction of sp³-hybridized carbons (Fsp3) is 0.231. The molecule has 3 N–H and O–H groups in total. The molecule has 0 bridgehead atoms. The van der Waals surface area contributed by atoms with Crippen LogP contribution >= 0.6 is 0 Å². The number of para-hydroxylation sites is 3. The molecule has 0 aliphatic rings. The van der Waals surface area contributed by atoms with Crippen LogP contribution in [-0.4, -0.2) is 51.8 Å². The monoisotopic (exact) mass is 463 g/mol. The molecule has 34 heavy (non-hydrogen) atoms. The molecule has 8 nitrogen and oxygen atoms in total. The minimum atomic E-state index is -0.251. The quantitative estimate of drug-likeness (QED) is 0.335. The van der Waals surface area contributed by atoms with E-state index in [1.165, 1.54) is 0 Å². The minimum absolute atomic E-state index is 0.0329. The van der Waals surface area contributed by atoms with Crippen molar-refractivity contribution < 1.29 is 23.8 Å². The van der Waals surface area contributed by atoms with E-state index in [2.05, 4.69) is 16.0 Å². The van der Waals surface area contributed by atoms with Crippen LogP contribution in [0.15, 0.2) is 78.9 Å². The summed E-state index contributed by atoms with van der Waals surface area (Å²) in [5.41, 5.74) is 1.69. The third kappa shape index (κ3) is 8.14. The molecule has 8 heteroatoms. The molecular weight excluding hydrogens is 434 g/mol. The molecule has 0 radical (unpaired) electrons. The van der Waals surface area contributed by atoms with Crippen molar-refractivity contribution in [1.29, 1.82) is 0 Å². The van der Waals surface area contributed by atoms with E-state index >= 15 is 0 Å². The lowest BCUT2D eigenvalue weighted by molar-refractivity contribution is -0.114. The van der Waals surface area contributed by atoms with Gasteiger partial charge < -0.3 is 30.2 Å². The van der Waals surface area contributed by atoms with Gasteiger partial charge in [-0.1, -0.05) is 36.4 Å². The summed E-state index contributed by atoms with van der Waals surface area (Å²) in [4.78, 5) is 24.6. The van der Waals surface area contributed by atoms with Gasteiger partial charge in [0.2, 0.25) is 5.91 Å². The van der Waals surface area contributed by atoms with Crippen molar-refractivity contribution in [1.82, 2.24) is 5.32 Å². The maximum absolute atomic E-state index is 12.5. The number of nitrogens with one attached hydrogen (secondary N) is 3. The number of anilines is 2. The first-order valence-electron chi connectivity index (χ1n) is 11.0. The Morgan fingerprint density at radius 3 is 2.41 bits per heavy atom. The summed E-state index contributed by atoms with van der Waals surface area (Å²) in [6.45, 7) is 1.63. The van der Waals surface area contributed by atoms with Crippen LogP contribution in [0, 0.1) is 0 Å². The zero-order valence-electron chi connectivity index (χ0n) is 19.1. The van der Waals surface area contributed by atoms with Gasteiger partial charge in [-0.05, 0) is 42.5 Å². The number of ether oxygens (including phenoxy) is 3. The van der Waals surface area contributed by atoms with E-state index < -0.39 is 0 Å². The number of amides is 2. The Labute approximate surface area is 199 Å². The normalized spacial score (nSPS) is 10.3. The van der Waals surface area contributed by atoms with Gasteiger partial charge in [0.15, 0.2) is 0 Å². The van der Waals surface area contributed by atoms with Gasteiger partial charge in [-0.3, -0.25) is 9.59 Å². The summed E-state index contributed by atoms with van der Waals surface area (Å²) < 4.78 is 16.4. The van der Waals surface area contributed by atoms with Crippen LogP contribution < -0.4 is 25.4 Å². The van der Waals surface area contributed by atoms with E-state index in [4.69, 9.17) is 14.2 Å². The summed E-state index contributed by atoms with van der Waals surface area (Å²) in [6, 6.07) is 23.7. The van der Waals surface area contributed by atoms with Crippen molar-refractivity contribution >= 4 is 23.2 Å². The van der Waals surface area contributed by atoms with Crippen molar-refractivity contribution in [3.63, 3.8) is 0 Å². The lowest BCUT2D eigenvalue weighted by atomic mass is 10.2. The van der Waals surface area contributed by atoms with Crippen molar-refractivity contribution in [3.8, 4) is 11.5 Å². The highest BCUT2D eigenvalue weighted by atomic mass is 16.5. The molecule has 0 aliphatic carbocycles. The molecular formula is C26H29N3O5. The molecule has 0 aromatic heterocycles. The number of hydrogen-bond acceptors (Lipinski definition) is 6. The van der Waals surface area contributed by atoms with Crippen LogP contribution in [0.1, 0.15) is 10.4 Å². The molecule has 0 spiro atoms. The smallest absolute Gasteiger partial charge is 0.251 e. The zero-order chi connectivity index (χ0) is 24.0. The second kappa shape index (κ2) is 13.5. The molecule has 3 rings (SSSR count). The third-order valence-corrected chi connectivity index (χ3v) is 4.68. The van der Waals surface area contributed by atoms with E-state index in [-0.39, 0.29) is 18.4 Å². The Balaban J connectivity index is 1.46. The lowest BCUT2D eigenvalue weighted by Crippen LogP contribution is -2.27. The van der Waals surface area contributed by atoms with Crippen molar-refractivity contribution in [2.45, 2.75) is 0 Å². The maximum Gasteiger partial charge on any atom is 0.251 e. The molecule has 0 atom stereocenters. The molecule has 0 fully saturated rings. The van der Waals surface area contributed by atoms with Crippen molar-refractivity contribution in [2.75, 3.05) is 50.7 Å². The van der Waals surface area contributed by atoms with E-state index in [0.29, 0.717) is 49.1 Å². The van der Waals surface area contributed by atoms with Gasteiger partial charge in [0, 0.05) is 24.9 Å². The lowest BCUT2D eigenvalue weighted by Gasteiger charge is -2.14. The van der Waals surface area contributed by atoms with Gasteiger partial charge in [-0.25, -0.2) is 0 Å². The van der Waals surface area contributed by atoms with Crippen molar-refractivity contribution in [3.05, 3.63) is 84.4 Å². The Morgan fingerprint density at radius 2 is 1.59 bits per heavy atom. The zero-order valence-corrected chi connectivity index (χ0v) is 19.1. The van der Waals surface area contributed by atoms with Gasteiger partial charge in [0.1, 0.15) is 24.7 Å². The Kier molecular flexibility index (Phi) is 9.76. The molecule has 2 amide bonds. The molecule has 0 heterocycles. The highest BCUT2D eigenvalue weighted by molar-refractivity contribution is 5.98. The van der Waals surface area contributed by atoms with Crippen LogP contribution in [0.4, 0.5) is 11.4 Å². The highest BCUT2D eigenvalue weighted by Gasteiger charge is 2.09. The van der Waals surface area contributed by atoms with Crippen molar-refractivity contribution in [2.24, 2.45) is 0 Å². The standard InChI is InChI=1S/C26H29N3O5/c1-32-15-14-27-26(31)20-8-7-9-21(18-20)29-25(30)19-28-23-12-5-6-13-24(23)34-17-16-33-22-10-3-2-4-11-22/h2-13,18,28H,14-17,19H2,1H3,(H,27,31)(H,29,30). The summed E-state index contributed by atoms with van der Waals surface area (Å²) in [6.07, 6.45) is 0. The van der Waals surface area contributed by atoms with E-state index in [0.717, 1.165) is 5.75 Å². The molecule has 0 unspecified atom stereocenters. The third-order valence-electron chi connectivity index (χ3n) is 4.68. The van der Waals surface area contributed by atoms with Crippen LogP contribution in [0.5, 0.6) is 11.5 Å². The minimum Gasteiger partial charge on any atom is -0.490 e. The Morgan fingerprint density at radius 1 is 0.824 bits per heavy atom. The largest absolute Gasteiger partial charge is 0.490 e. The second-order valence-corrected chi connectivity index (χ2v) is 7.24. The molecule has 178 valence electrons. The van der Waals surface area contributed by atoms with E-state index in [1.807, 2.05) is 54.6 Å². The maximum atomic E-state index is 12.5. The van der Waals surface area contributed by atoms with Gasteiger partial charge in [-0.15, -0.1) is 0 Å². The van der Waals surface area contributed by atoms with Crippen LogP contribution in [0.25, 0.3) is 0 Å². The Hall–Kier alpha value is -4.04. The average Bonchev–Trinajstić information content (AvgIpc) is 2.87. The van der Waals surface area contributed by atoms with Crippen LogP contribution in [0.2, 0.25) is 0 Å². The summed E-state index contributed by atoms with van der Waals surface area (Å²) in [5.74, 6) is 0.931. The number of carbonyl (C=O) groups is 2. The fourth-order valence-electron chi connectivity index (χ4n) is 3.05. The van der Waals surface area contributed by atoms with Gasteiger partial charge in [0.05, 0.1) is 18.8 Å². The highest BCUT2D eigenvalue weighted by Crippen LogP contribution is 2.23. The van der Waals surface area contributed by atoms with Gasteiger partial charge >= 0.3 is 0 Å². The van der Waals surface area contributed by atoms with Gasteiger partial charge in [-0.2, -0.15) is 0 Å². The number of methoxy groups -OCH3 is 1. The number of benzene rings is 3. The van der Waals surface area contributed by atoms with E-state index in [9.17, 15) is 9.59 Å². The first kappa shape index (κ1) is 24.6. The summed E-state index contributed by atoms with van der Waals surface area (Å²) in [7, 11) is 1.57. The van der Waals surface area contributed by atoms with Crippen LogP contribution in [-0.2, 0) is 9.53 Å². The topological polar surface area (TPSA) is 97.9 Å². The summed E-state index contributed by atoms with van der Waals surface area (Å²) >= 11 is 0. The number of hydrogen-bond donors (Lipinski definition) is 3. The fourth-order valence-corrected chi connectivity index (χ4v) is 3.05. The number of rotatable bonds is 13. The van der Waals surface area contributed by atoms with Crippen LogP contribution in [0.3, 0.4) is 0 Å². The number of carbonyl (C=O) groups excluding carboxylic acids is 2. The predicted molar refractivity (Wildman–Crippen MR) is 132 cm³/mol. The van der Waals surface area contributed by atoms with E-state index in [1.54, 1.807) is 31.4 Å². The molecule has 3 aromatic rings. The molecule has 0 aliphatic heterocycles. The second-order valence-electron chi connectivity index (χ2n) is 7.24.